The Morgan fingerprint density at radius 1 is 1.29 bits per heavy atom. The topological polar surface area (TPSA) is 96.4 Å². The first kappa shape index (κ1) is 15.5. The van der Waals surface area contributed by atoms with E-state index in [2.05, 4.69) is 9.71 Å². The van der Waals surface area contributed by atoms with E-state index >= 15 is 0 Å². The third-order valence-electron chi connectivity index (χ3n) is 2.33. The maximum Gasteiger partial charge on any atom is 0.355 e. The molecule has 6 nitrogen and oxygen atoms in total. The Labute approximate surface area is 122 Å². The second kappa shape index (κ2) is 5.84. The quantitative estimate of drug-likeness (QED) is 0.866. The van der Waals surface area contributed by atoms with Gasteiger partial charge in [0.1, 0.15) is 16.6 Å². The number of thiazole rings is 1. The molecule has 0 fully saturated rings. The van der Waals surface area contributed by atoms with Gasteiger partial charge in [0.2, 0.25) is 10.0 Å². The molecule has 0 amide bonds. The summed E-state index contributed by atoms with van der Waals surface area (Å²) < 4.78 is 51.8. The number of aromatic nitrogens is 1. The van der Waals surface area contributed by atoms with E-state index in [1.807, 2.05) is 0 Å². The minimum absolute atomic E-state index is 0.203. The summed E-state index contributed by atoms with van der Waals surface area (Å²) >= 11 is 0.953. The summed E-state index contributed by atoms with van der Waals surface area (Å²) in [5, 5.41) is 10.2. The number of benzene rings is 1. The number of sulfonamides is 1. The van der Waals surface area contributed by atoms with E-state index in [1.165, 1.54) is 5.38 Å². The molecule has 2 rings (SSSR count). The van der Waals surface area contributed by atoms with Crippen LogP contribution in [0.15, 0.2) is 28.5 Å². The number of aromatic carboxylic acids is 1. The van der Waals surface area contributed by atoms with Gasteiger partial charge in [0.15, 0.2) is 5.69 Å². The Kier molecular flexibility index (Phi) is 4.30. The Morgan fingerprint density at radius 2 is 1.90 bits per heavy atom. The van der Waals surface area contributed by atoms with Crippen molar-refractivity contribution in [2.24, 2.45) is 0 Å². The van der Waals surface area contributed by atoms with Crippen molar-refractivity contribution >= 4 is 27.3 Å². The van der Waals surface area contributed by atoms with E-state index < -0.39 is 32.5 Å². The van der Waals surface area contributed by atoms with Gasteiger partial charge in [-0.05, 0) is 12.1 Å². The van der Waals surface area contributed by atoms with E-state index in [0.29, 0.717) is 18.2 Å². The Hall–Kier alpha value is -1.91. The summed E-state index contributed by atoms with van der Waals surface area (Å²) in [7, 11) is -4.13. The van der Waals surface area contributed by atoms with Crippen LogP contribution >= 0.6 is 11.3 Å². The van der Waals surface area contributed by atoms with Crippen LogP contribution in [0.5, 0.6) is 0 Å². The highest BCUT2D eigenvalue weighted by Crippen LogP contribution is 2.15. The second-order valence-electron chi connectivity index (χ2n) is 3.86. The van der Waals surface area contributed by atoms with Gasteiger partial charge < -0.3 is 5.11 Å². The van der Waals surface area contributed by atoms with Crippen molar-refractivity contribution in [3.05, 3.63) is 45.9 Å². The van der Waals surface area contributed by atoms with Crippen molar-refractivity contribution in [3.63, 3.8) is 0 Å². The fraction of sp³-hybridized carbons (Fsp3) is 0.0909. The standard InChI is InChI=1S/C11H8F2N2O4S2/c12-6-1-7(13)3-8(2-6)21(18,19)14-4-10-15-9(5-20-10)11(16)17/h1-3,5,14H,4H2,(H,16,17). The van der Waals surface area contributed by atoms with E-state index in [0.717, 1.165) is 11.3 Å². The third-order valence-corrected chi connectivity index (χ3v) is 4.56. The van der Waals surface area contributed by atoms with Gasteiger partial charge >= 0.3 is 5.97 Å². The lowest BCUT2D eigenvalue weighted by Crippen LogP contribution is -2.23. The van der Waals surface area contributed by atoms with Crippen LogP contribution in [-0.2, 0) is 16.6 Å². The van der Waals surface area contributed by atoms with Gasteiger partial charge in [-0.15, -0.1) is 11.3 Å². The summed E-state index contributed by atoms with van der Waals surface area (Å²) in [6, 6.07) is 1.91. The summed E-state index contributed by atoms with van der Waals surface area (Å²) in [4.78, 5) is 13.8. The first-order chi connectivity index (χ1) is 9.78. The maximum atomic E-state index is 13.0. The molecule has 2 N–H and O–H groups in total. The number of nitrogens with zero attached hydrogens (tertiary/aromatic N) is 1. The van der Waals surface area contributed by atoms with Crippen molar-refractivity contribution in [1.82, 2.24) is 9.71 Å². The number of carbonyl (C=O) groups is 1. The zero-order valence-corrected chi connectivity index (χ0v) is 11.8. The van der Waals surface area contributed by atoms with Crippen LogP contribution in [0.1, 0.15) is 15.5 Å². The number of carboxylic acids is 1. The largest absolute Gasteiger partial charge is 0.476 e. The maximum absolute atomic E-state index is 13.0. The smallest absolute Gasteiger partial charge is 0.355 e. The molecule has 112 valence electrons. The summed E-state index contributed by atoms with van der Waals surface area (Å²) in [5.41, 5.74) is -0.203. The SMILES string of the molecule is O=C(O)c1csc(CNS(=O)(=O)c2cc(F)cc(F)c2)n1. The molecule has 10 heteroatoms. The zero-order valence-electron chi connectivity index (χ0n) is 10.2. The number of carboxylic acid groups (broad SMARTS) is 1. The zero-order chi connectivity index (χ0) is 15.6. The average Bonchev–Trinajstić information content (AvgIpc) is 2.84. The van der Waals surface area contributed by atoms with E-state index in [1.54, 1.807) is 0 Å². The van der Waals surface area contributed by atoms with Crippen LogP contribution in [0.2, 0.25) is 0 Å². The molecule has 0 saturated carbocycles. The average molecular weight is 334 g/mol. The predicted molar refractivity (Wildman–Crippen MR) is 69.5 cm³/mol. The van der Waals surface area contributed by atoms with Crippen molar-refractivity contribution in [2.75, 3.05) is 0 Å². The molecule has 0 aliphatic heterocycles. The fourth-order valence-electron chi connectivity index (χ4n) is 1.41. The van der Waals surface area contributed by atoms with Crippen LogP contribution < -0.4 is 4.72 Å². The summed E-state index contributed by atoms with van der Waals surface area (Å²) in [5.74, 6) is -3.26. The van der Waals surface area contributed by atoms with Crippen molar-refractivity contribution in [1.29, 1.82) is 0 Å². The van der Waals surface area contributed by atoms with E-state index in [9.17, 15) is 22.0 Å². The van der Waals surface area contributed by atoms with Gasteiger partial charge in [0.05, 0.1) is 11.4 Å². The first-order valence-electron chi connectivity index (χ1n) is 5.41. The van der Waals surface area contributed by atoms with Gasteiger partial charge in [0, 0.05) is 11.4 Å². The highest BCUT2D eigenvalue weighted by molar-refractivity contribution is 7.89. The molecule has 0 spiro atoms. The third kappa shape index (κ3) is 3.80. The monoisotopic (exact) mass is 334 g/mol. The van der Waals surface area contributed by atoms with Gasteiger partial charge in [-0.3, -0.25) is 0 Å². The van der Waals surface area contributed by atoms with Crippen molar-refractivity contribution < 1.29 is 27.1 Å². The molecule has 0 aliphatic rings. The molecular formula is C11H8F2N2O4S2. The highest BCUT2D eigenvalue weighted by atomic mass is 32.2. The Morgan fingerprint density at radius 3 is 2.43 bits per heavy atom. The minimum Gasteiger partial charge on any atom is -0.476 e. The minimum atomic E-state index is -4.13. The van der Waals surface area contributed by atoms with Crippen LogP contribution in [0.3, 0.4) is 0 Å². The second-order valence-corrected chi connectivity index (χ2v) is 6.57. The molecular weight excluding hydrogens is 326 g/mol. The molecule has 21 heavy (non-hydrogen) atoms. The normalized spacial score (nSPS) is 11.5. The number of hydrogen-bond acceptors (Lipinski definition) is 5. The Balaban J connectivity index is 2.15. The fourth-order valence-corrected chi connectivity index (χ4v) is 3.24. The molecule has 2 aromatic rings. The number of rotatable bonds is 5. The van der Waals surface area contributed by atoms with E-state index in [4.69, 9.17) is 5.11 Å². The number of halogens is 2. The number of hydrogen-bond donors (Lipinski definition) is 2. The van der Waals surface area contributed by atoms with Crippen molar-refractivity contribution in [3.8, 4) is 0 Å². The Bertz CT molecular complexity index is 769. The van der Waals surface area contributed by atoms with Gasteiger partial charge in [-0.2, -0.15) is 0 Å². The van der Waals surface area contributed by atoms with Gasteiger partial charge in [-0.25, -0.2) is 31.7 Å². The van der Waals surface area contributed by atoms with Gasteiger partial charge in [0.25, 0.3) is 0 Å². The van der Waals surface area contributed by atoms with Gasteiger partial charge in [-0.1, -0.05) is 0 Å². The lowest BCUT2D eigenvalue weighted by molar-refractivity contribution is 0.0691. The molecule has 0 radical (unpaired) electrons. The highest BCUT2D eigenvalue weighted by Gasteiger charge is 2.17. The molecule has 0 aliphatic carbocycles. The van der Waals surface area contributed by atoms with Crippen LogP contribution in [0.25, 0.3) is 0 Å². The predicted octanol–water partition coefficient (Wildman–Crippen LogP) is 1.60. The van der Waals surface area contributed by atoms with Crippen LogP contribution in [0.4, 0.5) is 8.78 Å². The molecule has 0 bridgehead atoms. The molecule has 1 aromatic heterocycles. The molecule has 1 aromatic carbocycles. The van der Waals surface area contributed by atoms with Crippen LogP contribution in [-0.4, -0.2) is 24.5 Å². The molecule has 0 saturated heterocycles. The van der Waals surface area contributed by atoms with Crippen molar-refractivity contribution in [2.45, 2.75) is 11.4 Å². The molecule has 0 atom stereocenters. The van der Waals surface area contributed by atoms with E-state index in [-0.39, 0.29) is 17.2 Å². The molecule has 0 unspecified atom stereocenters. The first-order valence-corrected chi connectivity index (χ1v) is 7.77. The lowest BCUT2D eigenvalue weighted by Gasteiger charge is -2.05. The lowest BCUT2D eigenvalue weighted by atomic mass is 10.3. The van der Waals surface area contributed by atoms with Crippen LogP contribution in [0, 0.1) is 11.6 Å². The summed E-state index contributed by atoms with van der Waals surface area (Å²) in [6.07, 6.45) is 0. The molecule has 1 heterocycles. The number of nitrogens with one attached hydrogen (secondary N) is 1. The summed E-state index contributed by atoms with van der Waals surface area (Å²) in [6.45, 7) is -0.279.